The molecule has 0 bridgehead atoms. The molecule has 1 aromatic rings. The Labute approximate surface area is 196 Å². The number of methoxy groups -OCH3 is 1. The van der Waals surface area contributed by atoms with Gasteiger partial charge in [0.15, 0.2) is 0 Å². The number of aryl methyl sites for hydroxylation is 1. The summed E-state index contributed by atoms with van der Waals surface area (Å²) in [6, 6.07) is 1.62. The Morgan fingerprint density at radius 3 is 2.58 bits per heavy atom. The third-order valence-electron chi connectivity index (χ3n) is 6.30. The zero-order valence-electron chi connectivity index (χ0n) is 19.4. The lowest BCUT2D eigenvalue weighted by molar-refractivity contribution is -0.149. The molecular formula is C23H33F3N2O4S. The molecule has 10 heteroatoms. The van der Waals surface area contributed by atoms with E-state index in [0.717, 1.165) is 41.9 Å². The predicted octanol–water partition coefficient (Wildman–Crippen LogP) is 5.32. The van der Waals surface area contributed by atoms with E-state index in [0.29, 0.717) is 38.0 Å². The summed E-state index contributed by atoms with van der Waals surface area (Å²) in [5.74, 6) is -1.65. The highest BCUT2D eigenvalue weighted by Gasteiger charge is 2.42. The molecule has 2 heterocycles. The third kappa shape index (κ3) is 6.62. The summed E-state index contributed by atoms with van der Waals surface area (Å²) in [4.78, 5) is 27.4. The molecule has 1 saturated carbocycles. The molecule has 186 valence electrons. The van der Waals surface area contributed by atoms with Crippen molar-refractivity contribution in [3.8, 4) is 0 Å². The fourth-order valence-corrected chi connectivity index (χ4v) is 5.54. The van der Waals surface area contributed by atoms with Gasteiger partial charge in [-0.2, -0.15) is 13.2 Å². The number of amides is 2. The molecule has 6 nitrogen and oxygen atoms in total. The molecule has 0 aromatic carbocycles. The maximum Gasteiger partial charge on any atom is 0.406 e. The Kier molecular flexibility index (Phi) is 8.66. The first-order valence-electron chi connectivity index (χ1n) is 11.6. The average molecular weight is 491 g/mol. The van der Waals surface area contributed by atoms with Crippen LogP contribution in [0.2, 0.25) is 0 Å². The van der Waals surface area contributed by atoms with Gasteiger partial charge in [-0.15, -0.1) is 11.3 Å². The fourth-order valence-electron chi connectivity index (χ4n) is 4.20. The first kappa shape index (κ1) is 25.8. The molecular weight excluding hydrogens is 457 g/mol. The average Bonchev–Trinajstić information content (AvgIpc) is 3.53. The second-order valence-electron chi connectivity index (χ2n) is 8.83. The number of carbonyl (C=O) groups excluding carboxylic acids is 2. The topological polar surface area (TPSA) is 67.9 Å². The van der Waals surface area contributed by atoms with Crippen LogP contribution in [-0.2, 0) is 20.7 Å². The van der Waals surface area contributed by atoms with Crippen molar-refractivity contribution in [2.45, 2.75) is 89.1 Å². The van der Waals surface area contributed by atoms with Crippen LogP contribution in [-0.4, -0.2) is 55.5 Å². The quantitative estimate of drug-likeness (QED) is 0.476. The number of rotatable bonds is 9. The summed E-state index contributed by atoms with van der Waals surface area (Å²) in [6.45, 7) is 3.95. The van der Waals surface area contributed by atoms with Crippen LogP contribution in [0.3, 0.4) is 0 Å². The smallest absolute Gasteiger partial charge is 0.406 e. The molecule has 2 fully saturated rings. The van der Waals surface area contributed by atoms with Gasteiger partial charge in [0.05, 0.1) is 19.1 Å². The van der Waals surface area contributed by atoms with E-state index >= 15 is 0 Å². The number of hydrogen-bond acceptors (Lipinski definition) is 5. The van der Waals surface area contributed by atoms with Crippen molar-refractivity contribution in [1.29, 1.82) is 0 Å². The van der Waals surface area contributed by atoms with Crippen LogP contribution >= 0.6 is 11.3 Å². The zero-order chi connectivity index (χ0) is 24.2. The van der Waals surface area contributed by atoms with E-state index in [1.54, 1.807) is 0 Å². The van der Waals surface area contributed by atoms with Gasteiger partial charge in [-0.3, -0.25) is 4.79 Å². The Hall–Kier alpha value is -1.81. The summed E-state index contributed by atoms with van der Waals surface area (Å²) in [5.41, 5.74) is 0.621. The number of halogens is 3. The molecule has 1 saturated heterocycles. The van der Waals surface area contributed by atoms with Gasteiger partial charge in [-0.1, -0.05) is 0 Å². The molecule has 1 aromatic heterocycles. The highest BCUT2D eigenvalue weighted by molar-refractivity contribution is 7.12. The number of alkyl halides is 3. The SMILES string of the molecule is COC(=O)NCCCc1cc(C(C)N(C(=O)[C@H]2CCCCO2)C2CC2)sc1C(C)C(F)(F)F. The van der Waals surface area contributed by atoms with Crippen molar-refractivity contribution < 1.29 is 32.2 Å². The van der Waals surface area contributed by atoms with Crippen LogP contribution in [0.1, 0.15) is 79.6 Å². The zero-order valence-corrected chi connectivity index (χ0v) is 20.2. The van der Waals surface area contributed by atoms with Crippen molar-refractivity contribution in [3.05, 3.63) is 21.4 Å². The number of hydrogen-bond donors (Lipinski definition) is 1. The highest BCUT2D eigenvalue weighted by Crippen LogP contribution is 2.44. The second kappa shape index (κ2) is 11.1. The predicted molar refractivity (Wildman–Crippen MR) is 119 cm³/mol. The Morgan fingerprint density at radius 1 is 1.27 bits per heavy atom. The highest BCUT2D eigenvalue weighted by atomic mass is 32.1. The molecule has 2 aliphatic rings. The lowest BCUT2D eigenvalue weighted by Crippen LogP contribution is -2.44. The minimum Gasteiger partial charge on any atom is -0.453 e. The van der Waals surface area contributed by atoms with Gasteiger partial charge in [0.2, 0.25) is 0 Å². The van der Waals surface area contributed by atoms with E-state index < -0.39 is 24.3 Å². The first-order valence-corrected chi connectivity index (χ1v) is 12.4. The molecule has 3 atom stereocenters. The van der Waals surface area contributed by atoms with E-state index in [9.17, 15) is 22.8 Å². The lowest BCUT2D eigenvalue weighted by atomic mass is 10.0. The van der Waals surface area contributed by atoms with Crippen LogP contribution in [0, 0.1) is 0 Å². The van der Waals surface area contributed by atoms with Crippen LogP contribution in [0.4, 0.5) is 18.0 Å². The van der Waals surface area contributed by atoms with Crippen molar-refractivity contribution in [1.82, 2.24) is 10.2 Å². The van der Waals surface area contributed by atoms with E-state index in [1.165, 1.54) is 14.0 Å². The summed E-state index contributed by atoms with van der Waals surface area (Å²) in [6.07, 6.45) is -0.107. The minimum absolute atomic E-state index is 0.0488. The molecule has 0 spiro atoms. The molecule has 1 aliphatic heterocycles. The Bertz CT molecular complexity index is 819. The number of thiophene rings is 1. The molecule has 0 radical (unpaired) electrons. The number of nitrogens with one attached hydrogen (secondary N) is 1. The molecule has 2 amide bonds. The van der Waals surface area contributed by atoms with Gasteiger partial charge in [-0.25, -0.2) is 4.79 Å². The summed E-state index contributed by atoms with van der Waals surface area (Å²) in [7, 11) is 1.26. The normalized spacial score (nSPS) is 20.7. The van der Waals surface area contributed by atoms with Crippen molar-refractivity contribution in [3.63, 3.8) is 0 Å². The van der Waals surface area contributed by atoms with E-state index in [4.69, 9.17) is 4.74 Å². The van der Waals surface area contributed by atoms with E-state index in [-0.39, 0.29) is 22.9 Å². The van der Waals surface area contributed by atoms with Crippen LogP contribution in [0.5, 0.6) is 0 Å². The van der Waals surface area contributed by atoms with Gasteiger partial charge in [-0.05, 0) is 70.4 Å². The van der Waals surface area contributed by atoms with Crippen molar-refractivity contribution >= 4 is 23.3 Å². The largest absolute Gasteiger partial charge is 0.453 e. The number of alkyl carbamates (subject to hydrolysis) is 1. The monoisotopic (exact) mass is 490 g/mol. The summed E-state index contributed by atoms with van der Waals surface area (Å²) in [5, 5.41) is 2.56. The second-order valence-corrected chi connectivity index (χ2v) is 9.95. The van der Waals surface area contributed by atoms with Crippen LogP contribution in [0.15, 0.2) is 6.07 Å². The summed E-state index contributed by atoms with van der Waals surface area (Å²) < 4.78 is 51.0. The summed E-state index contributed by atoms with van der Waals surface area (Å²) >= 11 is 1.14. The number of ether oxygens (including phenoxy) is 2. The molecule has 3 rings (SSSR count). The maximum absolute atomic E-state index is 13.6. The molecule has 1 aliphatic carbocycles. The van der Waals surface area contributed by atoms with E-state index in [1.807, 2.05) is 17.9 Å². The fraction of sp³-hybridized carbons (Fsp3) is 0.739. The van der Waals surface area contributed by atoms with Gasteiger partial charge in [0.25, 0.3) is 5.91 Å². The molecule has 33 heavy (non-hydrogen) atoms. The minimum atomic E-state index is -4.35. The lowest BCUT2D eigenvalue weighted by Gasteiger charge is -2.33. The van der Waals surface area contributed by atoms with Crippen molar-refractivity contribution in [2.75, 3.05) is 20.3 Å². The number of carbonyl (C=O) groups is 2. The Balaban J connectivity index is 1.80. The van der Waals surface area contributed by atoms with Crippen LogP contribution in [0.25, 0.3) is 0 Å². The number of nitrogens with zero attached hydrogens (tertiary/aromatic N) is 1. The standard InChI is InChI=1S/C23H33F3N2O4S/c1-14(23(24,25)26)20-16(7-6-11-27-22(30)31-3)13-19(33-20)15(2)28(17-9-10-17)21(29)18-8-4-5-12-32-18/h13-15,17-18H,4-12H2,1-3H3,(H,27,30)/t14?,15?,18-/m1/s1. The van der Waals surface area contributed by atoms with Gasteiger partial charge in [0.1, 0.15) is 6.10 Å². The van der Waals surface area contributed by atoms with Gasteiger partial charge < -0.3 is 19.7 Å². The first-order chi connectivity index (χ1) is 15.6. The molecule has 2 unspecified atom stereocenters. The maximum atomic E-state index is 13.6. The third-order valence-corrected chi connectivity index (χ3v) is 7.83. The van der Waals surface area contributed by atoms with E-state index in [2.05, 4.69) is 10.1 Å². The van der Waals surface area contributed by atoms with Crippen LogP contribution < -0.4 is 5.32 Å². The van der Waals surface area contributed by atoms with Gasteiger partial charge >= 0.3 is 12.3 Å². The molecule has 1 N–H and O–H groups in total. The van der Waals surface area contributed by atoms with Gasteiger partial charge in [0, 0.05) is 28.9 Å². The van der Waals surface area contributed by atoms with Crippen molar-refractivity contribution in [2.24, 2.45) is 0 Å². The Morgan fingerprint density at radius 2 is 2.00 bits per heavy atom.